The molecule has 7 nitrogen and oxygen atoms in total. The fraction of sp³-hybridized carbons (Fsp3) is 0.222. The van der Waals surface area contributed by atoms with Gasteiger partial charge in [0.25, 0.3) is 0 Å². The second-order valence-electron chi connectivity index (χ2n) is 5.97. The minimum absolute atomic E-state index is 0.0422. The number of benzene rings is 1. The number of halogens is 1. The SMILES string of the molecule is CC(NC(=O)CSc1nnc(-c2cccs2)n1CC(N)=O)c1ccc(Br)cc1. The maximum absolute atomic E-state index is 12.3. The Kier molecular flexibility index (Phi) is 6.87. The molecule has 0 saturated heterocycles. The van der Waals surface area contributed by atoms with Crippen LogP contribution in [0.3, 0.4) is 0 Å². The van der Waals surface area contributed by atoms with Crippen molar-refractivity contribution in [1.82, 2.24) is 20.1 Å². The van der Waals surface area contributed by atoms with Gasteiger partial charge >= 0.3 is 0 Å². The van der Waals surface area contributed by atoms with Gasteiger partial charge in [0.1, 0.15) is 6.54 Å². The van der Waals surface area contributed by atoms with Crippen molar-refractivity contribution in [1.29, 1.82) is 0 Å². The molecule has 3 aromatic rings. The van der Waals surface area contributed by atoms with E-state index in [1.807, 2.05) is 48.7 Å². The van der Waals surface area contributed by atoms with Crippen LogP contribution in [0, 0.1) is 0 Å². The van der Waals surface area contributed by atoms with Crippen molar-refractivity contribution >= 4 is 50.8 Å². The molecule has 0 aliphatic heterocycles. The Morgan fingerprint density at radius 1 is 1.29 bits per heavy atom. The summed E-state index contributed by atoms with van der Waals surface area (Å²) < 4.78 is 2.63. The van der Waals surface area contributed by atoms with Crippen LogP contribution in [0.4, 0.5) is 0 Å². The summed E-state index contributed by atoms with van der Waals surface area (Å²) in [7, 11) is 0. The van der Waals surface area contributed by atoms with E-state index in [-0.39, 0.29) is 24.2 Å². The maximum Gasteiger partial charge on any atom is 0.237 e. The number of nitrogens with two attached hydrogens (primary N) is 1. The number of primary amides is 1. The lowest BCUT2D eigenvalue weighted by atomic mass is 10.1. The van der Waals surface area contributed by atoms with Gasteiger partial charge in [0.05, 0.1) is 16.7 Å². The summed E-state index contributed by atoms with van der Waals surface area (Å²) in [5.41, 5.74) is 6.38. The molecule has 0 aliphatic carbocycles. The van der Waals surface area contributed by atoms with Gasteiger partial charge in [-0.15, -0.1) is 21.5 Å². The molecule has 0 bridgehead atoms. The van der Waals surface area contributed by atoms with Crippen LogP contribution in [0.15, 0.2) is 51.4 Å². The van der Waals surface area contributed by atoms with Crippen molar-refractivity contribution in [2.45, 2.75) is 24.7 Å². The third-order valence-corrected chi connectivity index (χ3v) is 6.21. The highest BCUT2D eigenvalue weighted by atomic mass is 79.9. The van der Waals surface area contributed by atoms with Crippen molar-refractivity contribution in [3.8, 4) is 10.7 Å². The molecule has 0 aliphatic rings. The maximum atomic E-state index is 12.3. The Balaban J connectivity index is 1.65. The molecule has 10 heteroatoms. The number of carbonyl (C=O) groups is 2. The molecular weight excluding hydrogens is 462 g/mol. The van der Waals surface area contributed by atoms with E-state index in [0.29, 0.717) is 11.0 Å². The van der Waals surface area contributed by atoms with Crippen LogP contribution in [-0.2, 0) is 16.1 Å². The molecule has 0 saturated carbocycles. The van der Waals surface area contributed by atoms with Gasteiger partial charge in [-0.2, -0.15) is 0 Å². The summed E-state index contributed by atoms with van der Waals surface area (Å²) in [5, 5.41) is 13.7. The zero-order chi connectivity index (χ0) is 20.1. The molecule has 3 rings (SSSR count). The number of nitrogens with zero attached hydrogens (tertiary/aromatic N) is 3. The van der Waals surface area contributed by atoms with Gasteiger partial charge in [-0.25, -0.2) is 0 Å². The molecule has 28 heavy (non-hydrogen) atoms. The molecule has 2 amide bonds. The average Bonchev–Trinajstić information content (AvgIpc) is 3.30. The predicted octanol–water partition coefficient (Wildman–Crippen LogP) is 3.22. The quantitative estimate of drug-likeness (QED) is 0.482. The highest BCUT2D eigenvalue weighted by Crippen LogP contribution is 2.27. The first-order valence-electron chi connectivity index (χ1n) is 8.37. The number of nitrogens with one attached hydrogen (secondary N) is 1. The van der Waals surface area contributed by atoms with Crippen molar-refractivity contribution in [2.24, 2.45) is 5.73 Å². The molecule has 1 aromatic carbocycles. The molecule has 0 fully saturated rings. The van der Waals surface area contributed by atoms with E-state index in [2.05, 4.69) is 31.4 Å². The Morgan fingerprint density at radius 3 is 2.68 bits per heavy atom. The lowest BCUT2D eigenvalue weighted by molar-refractivity contribution is -0.119. The van der Waals surface area contributed by atoms with Crippen LogP contribution in [0.2, 0.25) is 0 Å². The third kappa shape index (κ3) is 5.21. The van der Waals surface area contributed by atoms with Gasteiger partial charge < -0.3 is 11.1 Å². The number of thioether (sulfide) groups is 1. The Labute approximate surface area is 178 Å². The van der Waals surface area contributed by atoms with E-state index in [1.54, 1.807) is 4.57 Å². The standard InChI is InChI=1S/C18H18BrN5O2S2/c1-11(12-4-6-13(19)7-5-12)21-16(26)10-28-18-23-22-17(14-3-2-8-27-14)24(18)9-15(20)25/h2-8,11H,9-10H2,1H3,(H2,20,25)(H,21,26). The minimum Gasteiger partial charge on any atom is -0.368 e. The van der Waals surface area contributed by atoms with Crippen LogP contribution in [0.5, 0.6) is 0 Å². The smallest absolute Gasteiger partial charge is 0.237 e. The molecule has 3 N–H and O–H groups in total. The fourth-order valence-electron chi connectivity index (χ4n) is 2.53. The van der Waals surface area contributed by atoms with E-state index < -0.39 is 5.91 Å². The lowest BCUT2D eigenvalue weighted by Crippen LogP contribution is -2.28. The predicted molar refractivity (Wildman–Crippen MR) is 114 cm³/mol. The van der Waals surface area contributed by atoms with Gasteiger partial charge in [0, 0.05) is 4.47 Å². The first-order valence-corrected chi connectivity index (χ1v) is 11.0. The molecule has 0 radical (unpaired) electrons. The number of amides is 2. The summed E-state index contributed by atoms with van der Waals surface area (Å²) in [6.45, 7) is 1.88. The molecule has 2 aromatic heterocycles. The highest BCUT2D eigenvalue weighted by molar-refractivity contribution is 9.10. The van der Waals surface area contributed by atoms with Gasteiger partial charge in [-0.3, -0.25) is 14.2 Å². The molecule has 2 heterocycles. The topological polar surface area (TPSA) is 103 Å². The molecular formula is C18H18BrN5O2S2. The van der Waals surface area contributed by atoms with E-state index >= 15 is 0 Å². The number of thiophene rings is 1. The zero-order valence-electron chi connectivity index (χ0n) is 15.0. The van der Waals surface area contributed by atoms with E-state index in [1.165, 1.54) is 23.1 Å². The first kappa shape index (κ1) is 20.6. The number of carbonyl (C=O) groups excluding carboxylic acids is 2. The average molecular weight is 480 g/mol. The van der Waals surface area contributed by atoms with Gasteiger partial charge in [-0.1, -0.05) is 45.9 Å². The van der Waals surface area contributed by atoms with Gasteiger partial charge in [-0.05, 0) is 36.1 Å². The summed E-state index contributed by atoms with van der Waals surface area (Å²) in [5.74, 6) is 0.0989. The second-order valence-corrected chi connectivity index (χ2v) is 8.77. The van der Waals surface area contributed by atoms with Gasteiger partial charge in [0.2, 0.25) is 11.8 Å². The van der Waals surface area contributed by atoms with Crippen molar-refractivity contribution in [3.05, 3.63) is 51.8 Å². The molecule has 1 atom stereocenters. The van der Waals surface area contributed by atoms with Crippen molar-refractivity contribution < 1.29 is 9.59 Å². The van der Waals surface area contributed by atoms with E-state index in [0.717, 1.165) is 14.9 Å². The normalized spacial score (nSPS) is 11.9. The van der Waals surface area contributed by atoms with Crippen molar-refractivity contribution in [3.63, 3.8) is 0 Å². The van der Waals surface area contributed by atoms with Crippen LogP contribution < -0.4 is 11.1 Å². The van der Waals surface area contributed by atoms with Gasteiger partial charge in [0.15, 0.2) is 11.0 Å². The number of hydrogen-bond acceptors (Lipinski definition) is 6. The van der Waals surface area contributed by atoms with Crippen molar-refractivity contribution in [2.75, 3.05) is 5.75 Å². The number of rotatable bonds is 8. The Morgan fingerprint density at radius 2 is 2.04 bits per heavy atom. The lowest BCUT2D eigenvalue weighted by Gasteiger charge is -2.14. The third-order valence-electron chi connectivity index (χ3n) is 3.85. The van der Waals surface area contributed by atoms with E-state index in [4.69, 9.17) is 5.73 Å². The number of hydrogen-bond donors (Lipinski definition) is 2. The molecule has 1 unspecified atom stereocenters. The van der Waals surface area contributed by atoms with Crippen LogP contribution in [-0.4, -0.2) is 32.3 Å². The van der Waals surface area contributed by atoms with Crippen LogP contribution in [0.25, 0.3) is 10.7 Å². The van der Waals surface area contributed by atoms with E-state index in [9.17, 15) is 9.59 Å². The first-order chi connectivity index (χ1) is 13.4. The number of aromatic nitrogens is 3. The summed E-state index contributed by atoms with van der Waals surface area (Å²) in [6, 6.07) is 11.5. The van der Waals surface area contributed by atoms with Crippen LogP contribution >= 0.6 is 39.0 Å². The molecule has 146 valence electrons. The largest absolute Gasteiger partial charge is 0.368 e. The fourth-order valence-corrected chi connectivity index (χ4v) is 4.26. The Hall–Kier alpha value is -2.17. The summed E-state index contributed by atoms with van der Waals surface area (Å²) in [6.07, 6.45) is 0. The Bertz CT molecular complexity index is 957. The second kappa shape index (κ2) is 9.35. The summed E-state index contributed by atoms with van der Waals surface area (Å²) >= 11 is 6.11. The monoisotopic (exact) mass is 479 g/mol. The summed E-state index contributed by atoms with van der Waals surface area (Å²) in [4.78, 5) is 24.7. The van der Waals surface area contributed by atoms with Crippen LogP contribution in [0.1, 0.15) is 18.5 Å². The minimum atomic E-state index is -0.493. The highest BCUT2D eigenvalue weighted by Gasteiger charge is 2.18. The molecule has 0 spiro atoms. The zero-order valence-corrected chi connectivity index (χ0v) is 18.2.